The van der Waals surface area contributed by atoms with Gasteiger partial charge in [-0.1, -0.05) is 13.0 Å². The quantitative estimate of drug-likeness (QED) is 0.448. The topological polar surface area (TPSA) is 115 Å². The minimum Gasteiger partial charge on any atom is -0.326 e. The van der Waals surface area contributed by atoms with Gasteiger partial charge in [-0.25, -0.2) is 31.3 Å². The van der Waals surface area contributed by atoms with Crippen LogP contribution < -0.4 is 10.5 Å². The zero-order valence-corrected chi connectivity index (χ0v) is 21.1. The van der Waals surface area contributed by atoms with Crippen LogP contribution in [-0.4, -0.2) is 42.5 Å². The van der Waals surface area contributed by atoms with Gasteiger partial charge >= 0.3 is 0 Å². The lowest BCUT2D eigenvalue weighted by molar-refractivity contribution is 0.0987. The van der Waals surface area contributed by atoms with Crippen LogP contribution in [0.15, 0.2) is 48.8 Å². The second-order valence-corrected chi connectivity index (χ2v) is 11.3. The fourth-order valence-corrected chi connectivity index (χ4v) is 5.94. The predicted molar refractivity (Wildman–Crippen MR) is 133 cm³/mol. The molecule has 3 aromatic rings. The molecular formula is C26H27F3N4O3S. The summed E-state index contributed by atoms with van der Waals surface area (Å²) in [5.74, 6) is -3.51. The summed E-state index contributed by atoms with van der Waals surface area (Å²) >= 11 is 0. The van der Waals surface area contributed by atoms with Crippen molar-refractivity contribution in [3.8, 4) is 11.3 Å². The van der Waals surface area contributed by atoms with Crippen LogP contribution in [0.1, 0.15) is 47.3 Å². The summed E-state index contributed by atoms with van der Waals surface area (Å²) in [5, 5.41) is 0. The fraction of sp³-hybridized carbons (Fsp3) is 0.346. The monoisotopic (exact) mass is 532 g/mol. The average Bonchev–Trinajstić information content (AvgIpc) is 2.82. The minimum absolute atomic E-state index is 0.0438. The van der Waals surface area contributed by atoms with Gasteiger partial charge in [0.25, 0.3) is 0 Å². The smallest absolute Gasteiger partial charge is 0.209 e. The van der Waals surface area contributed by atoms with E-state index in [1.54, 1.807) is 18.5 Å². The first kappa shape index (κ1) is 26.9. The number of aromatic nitrogens is 2. The maximum Gasteiger partial charge on any atom is 0.209 e. The zero-order chi connectivity index (χ0) is 26.9. The highest BCUT2D eigenvalue weighted by molar-refractivity contribution is 7.88. The van der Waals surface area contributed by atoms with E-state index >= 15 is 0 Å². The van der Waals surface area contributed by atoms with Gasteiger partial charge in [-0.15, -0.1) is 0 Å². The molecule has 3 N–H and O–H groups in total. The van der Waals surface area contributed by atoms with Gasteiger partial charge in [0.15, 0.2) is 5.78 Å². The number of Topliss-reactive ketones (excluding diaryl/α,β-unsaturated/α-hetero) is 1. The maximum absolute atomic E-state index is 14.4. The van der Waals surface area contributed by atoms with E-state index in [1.807, 2.05) is 6.92 Å². The van der Waals surface area contributed by atoms with Crippen LogP contribution in [0.3, 0.4) is 0 Å². The number of nitrogens with two attached hydrogens (primary N) is 1. The number of hydrogen-bond acceptors (Lipinski definition) is 6. The minimum atomic E-state index is -3.42. The van der Waals surface area contributed by atoms with Crippen molar-refractivity contribution in [3.63, 3.8) is 0 Å². The van der Waals surface area contributed by atoms with Crippen molar-refractivity contribution in [1.29, 1.82) is 0 Å². The van der Waals surface area contributed by atoms with Gasteiger partial charge in [0.2, 0.25) is 10.0 Å². The van der Waals surface area contributed by atoms with Gasteiger partial charge in [0, 0.05) is 30.9 Å². The predicted octanol–water partition coefficient (Wildman–Crippen LogP) is 3.74. The summed E-state index contributed by atoms with van der Waals surface area (Å²) in [7, 11) is -3.42. The summed E-state index contributed by atoms with van der Waals surface area (Å²) in [6, 6.07) is 6.23. The highest BCUT2D eigenvalue weighted by Crippen LogP contribution is 2.37. The van der Waals surface area contributed by atoms with E-state index in [1.165, 1.54) is 6.07 Å². The van der Waals surface area contributed by atoms with Crippen LogP contribution in [-0.2, 0) is 16.4 Å². The van der Waals surface area contributed by atoms with Crippen LogP contribution in [0.25, 0.3) is 11.3 Å². The van der Waals surface area contributed by atoms with Crippen molar-refractivity contribution in [3.05, 3.63) is 83.1 Å². The van der Waals surface area contributed by atoms with E-state index in [0.717, 1.165) is 36.1 Å². The number of sulfonamides is 1. The van der Waals surface area contributed by atoms with Crippen molar-refractivity contribution < 1.29 is 26.4 Å². The molecule has 0 aliphatic heterocycles. The second kappa shape index (κ2) is 10.7. The molecule has 1 aliphatic rings. The van der Waals surface area contributed by atoms with Gasteiger partial charge in [-0.2, -0.15) is 0 Å². The van der Waals surface area contributed by atoms with E-state index in [0.29, 0.717) is 18.4 Å². The van der Waals surface area contributed by atoms with Crippen molar-refractivity contribution in [1.82, 2.24) is 14.7 Å². The lowest BCUT2D eigenvalue weighted by Gasteiger charge is -2.39. The number of rotatable bonds is 7. The van der Waals surface area contributed by atoms with E-state index < -0.39 is 56.6 Å². The van der Waals surface area contributed by atoms with Crippen LogP contribution in [0.4, 0.5) is 13.2 Å². The summed E-state index contributed by atoms with van der Waals surface area (Å²) in [4.78, 5) is 21.2. The number of ketones is 1. The Morgan fingerprint density at radius 1 is 1.08 bits per heavy atom. The standard InChI is InChI=1S/C26H27F3N4O3S/c1-14-10-15(11-21(30)25(14)33-37(2,35)36)17-8-9-31-13-16(17)12-23(34)22-7-6-20(29)26(32-22)24-18(27)4-3-5-19(24)28/h3-9,13-15,21,25,33H,10-12,30H2,1-2H3/t14-,15+,21+,25-/m1/s1. The van der Waals surface area contributed by atoms with E-state index in [9.17, 15) is 26.4 Å². The molecule has 2 aromatic heterocycles. The molecule has 4 rings (SSSR count). The fourth-order valence-electron chi connectivity index (χ4n) is 5.04. The Morgan fingerprint density at radius 2 is 1.78 bits per heavy atom. The van der Waals surface area contributed by atoms with Crippen LogP contribution in [0, 0.1) is 23.4 Å². The molecule has 0 radical (unpaired) electrons. The number of carbonyl (C=O) groups excluding carboxylic acids is 1. The van der Waals surface area contributed by atoms with Gasteiger partial charge in [-0.05, 0) is 66.1 Å². The van der Waals surface area contributed by atoms with Gasteiger partial charge in [0.05, 0.1) is 11.8 Å². The number of nitrogens with one attached hydrogen (secondary N) is 1. The Labute approximate surface area is 213 Å². The highest BCUT2D eigenvalue weighted by Gasteiger charge is 2.36. The molecule has 0 unspecified atom stereocenters. The molecule has 0 spiro atoms. The molecule has 2 heterocycles. The van der Waals surface area contributed by atoms with E-state index in [2.05, 4.69) is 14.7 Å². The molecule has 1 aromatic carbocycles. The molecule has 11 heteroatoms. The van der Waals surface area contributed by atoms with Crippen molar-refractivity contribution in [2.45, 2.75) is 44.2 Å². The van der Waals surface area contributed by atoms with Gasteiger partial charge in [0.1, 0.15) is 28.8 Å². The van der Waals surface area contributed by atoms with Crippen LogP contribution in [0.2, 0.25) is 0 Å². The zero-order valence-electron chi connectivity index (χ0n) is 20.3. The highest BCUT2D eigenvalue weighted by atomic mass is 32.2. The summed E-state index contributed by atoms with van der Waals surface area (Å²) < 4.78 is 69.0. The second-order valence-electron chi connectivity index (χ2n) is 9.52. The largest absolute Gasteiger partial charge is 0.326 e. The summed E-state index contributed by atoms with van der Waals surface area (Å²) in [5.41, 5.74) is 6.46. The summed E-state index contributed by atoms with van der Waals surface area (Å²) in [6.07, 6.45) is 5.28. The first-order valence-corrected chi connectivity index (χ1v) is 13.6. The Kier molecular flexibility index (Phi) is 7.77. The van der Waals surface area contributed by atoms with Crippen LogP contribution >= 0.6 is 0 Å². The molecule has 0 saturated heterocycles. The van der Waals surface area contributed by atoms with Crippen LogP contribution in [0.5, 0.6) is 0 Å². The molecule has 1 saturated carbocycles. The SMILES string of the molecule is C[C@@H]1C[C@H](c2ccncc2CC(=O)c2ccc(F)c(-c3c(F)cccc3F)n2)C[C@H](N)[C@@H]1NS(C)(=O)=O. The number of hydrogen-bond donors (Lipinski definition) is 2. The third-order valence-corrected chi connectivity index (χ3v) is 7.40. The summed E-state index contributed by atoms with van der Waals surface area (Å²) in [6.45, 7) is 1.92. The molecule has 4 atom stereocenters. The Bertz CT molecular complexity index is 1400. The molecule has 0 amide bonds. The van der Waals surface area contributed by atoms with Gasteiger partial charge in [-0.3, -0.25) is 9.78 Å². The van der Waals surface area contributed by atoms with Crippen molar-refractivity contribution in [2.24, 2.45) is 11.7 Å². The third kappa shape index (κ3) is 6.06. The Hall–Kier alpha value is -3.15. The molecule has 37 heavy (non-hydrogen) atoms. The Morgan fingerprint density at radius 3 is 2.43 bits per heavy atom. The van der Waals surface area contributed by atoms with Crippen molar-refractivity contribution in [2.75, 3.05) is 6.26 Å². The average molecular weight is 533 g/mol. The molecule has 0 bridgehead atoms. The van der Waals surface area contributed by atoms with Crippen molar-refractivity contribution >= 4 is 15.8 Å². The number of halogens is 3. The number of benzene rings is 1. The number of carbonyl (C=O) groups is 1. The number of pyridine rings is 2. The molecular weight excluding hydrogens is 505 g/mol. The van der Waals surface area contributed by atoms with Gasteiger partial charge < -0.3 is 5.73 Å². The first-order chi connectivity index (χ1) is 17.4. The molecule has 1 fully saturated rings. The number of nitrogens with zero attached hydrogens (tertiary/aromatic N) is 2. The Balaban J connectivity index is 1.59. The maximum atomic E-state index is 14.4. The lowest BCUT2D eigenvalue weighted by atomic mass is 9.73. The lowest BCUT2D eigenvalue weighted by Crippen LogP contribution is -2.54. The molecule has 1 aliphatic carbocycles. The first-order valence-electron chi connectivity index (χ1n) is 11.7. The normalized spacial score (nSPS) is 22.1. The third-order valence-electron chi connectivity index (χ3n) is 6.70. The molecule has 196 valence electrons. The van der Waals surface area contributed by atoms with E-state index in [-0.39, 0.29) is 24.0 Å². The van der Waals surface area contributed by atoms with E-state index in [4.69, 9.17) is 5.73 Å². The molecule has 7 nitrogen and oxygen atoms in total.